The second-order valence-electron chi connectivity index (χ2n) is 4.64. The summed E-state index contributed by atoms with van der Waals surface area (Å²) in [6.07, 6.45) is 1.40. The molecular formula is C16H26N2O2. The molecule has 1 aromatic rings. The topological polar surface area (TPSA) is 41.6 Å². The first-order valence-corrected chi connectivity index (χ1v) is 7.43. The Morgan fingerprint density at radius 2 is 1.90 bits per heavy atom. The van der Waals surface area contributed by atoms with Crippen LogP contribution in [-0.4, -0.2) is 43.6 Å². The van der Waals surface area contributed by atoms with Crippen molar-refractivity contribution in [2.75, 3.05) is 32.8 Å². The quantitative estimate of drug-likeness (QED) is 0.668. The maximum Gasteiger partial charge on any atom is 0.223 e. The highest BCUT2D eigenvalue weighted by Gasteiger charge is 2.02. The summed E-state index contributed by atoms with van der Waals surface area (Å²) < 4.78 is 5.49. The molecule has 1 N–H and O–H groups in total. The molecule has 1 aromatic carbocycles. The Morgan fingerprint density at radius 3 is 2.55 bits per heavy atom. The molecular weight excluding hydrogens is 252 g/mol. The number of nitrogens with zero attached hydrogens (tertiary/aromatic N) is 1. The van der Waals surface area contributed by atoms with E-state index in [-0.39, 0.29) is 5.91 Å². The predicted molar refractivity (Wildman–Crippen MR) is 82.0 cm³/mol. The number of ether oxygens (including phenoxy) is 1. The van der Waals surface area contributed by atoms with Crippen molar-refractivity contribution in [1.29, 1.82) is 0 Å². The van der Waals surface area contributed by atoms with E-state index in [1.54, 1.807) is 0 Å². The average molecular weight is 278 g/mol. The number of hydrogen-bond acceptors (Lipinski definition) is 3. The van der Waals surface area contributed by atoms with Crippen LogP contribution in [0, 0.1) is 0 Å². The van der Waals surface area contributed by atoms with Crippen LogP contribution in [-0.2, 0) is 4.79 Å². The predicted octanol–water partition coefficient (Wildman–Crippen LogP) is 2.30. The van der Waals surface area contributed by atoms with E-state index in [9.17, 15) is 4.79 Å². The van der Waals surface area contributed by atoms with Crippen molar-refractivity contribution in [3.63, 3.8) is 0 Å². The lowest BCUT2D eigenvalue weighted by molar-refractivity contribution is -0.121. The third kappa shape index (κ3) is 7.14. The molecule has 0 bridgehead atoms. The number of benzene rings is 1. The van der Waals surface area contributed by atoms with E-state index >= 15 is 0 Å². The fourth-order valence-electron chi connectivity index (χ4n) is 1.94. The Labute approximate surface area is 122 Å². The van der Waals surface area contributed by atoms with Gasteiger partial charge in [0.05, 0.1) is 13.0 Å². The molecule has 20 heavy (non-hydrogen) atoms. The highest BCUT2D eigenvalue weighted by Crippen LogP contribution is 2.08. The lowest BCUT2D eigenvalue weighted by Crippen LogP contribution is -2.30. The van der Waals surface area contributed by atoms with Gasteiger partial charge in [0.2, 0.25) is 5.91 Å². The Hall–Kier alpha value is -1.55. The van der Waals surface area contributed by atoms with Crippen molar-refractivity contribution >= 4 is 5.91 Å². The van der Waals surface area contributed by atoms with Gasteiger partial charge in [-0.1, -0.05) is 32.0 Å². The molecule has 0 saturated carbocycles. The molecule has 0 unspecified atom stereocenters. The number of carbonyl (C=O) groups is 1. The first kappa shape index (κ1) is 16.5. The molecule has 0 heterocycles. The van der Waals surface area contributed by atoms with Gasteiger partial charge in [0, 0.05) is 6.54 Å². The molecule has 4 nitrogen and oxygen atoms in total. The summed E-state index contributed by atoms with van der Waals surface area (Å²) in [5.41, 5.74) is 0. The maximum atomic E-state index is 11.6. The Morgan fingerprint density at radius 1 is 1.20 bits per heavy atom. The van der Waals surface area contributed by atoms with E-state index in [1.165, 1.54) is 0 Å². The summed E-state index contributed by atoms with van der Waals surface area (Å²) in [5, 5.41) is 2.93. The number of hydrogen-bond donors (Lipinski definition) is 1. The SMILES string of the molecule is CCN(CC)CCCNC(=O)CCOc1ccccc1. The van der Waals surface area contributed by atoms with Gasteiger partial charge in [-0.3, -0.25) is 4.79 Å². The zero-order valence-corrected chi connectivity index (χ0v) is 12.6. The van der Waals surface area contributed by atoms with Crippen molar-refractivity contribution in [1.82, 2.24) is 10.2 Å². The van der Waals surface area contributed by atoms with Crippen LogP contribution in [0.4, 0.5) is 0 Å². The molecule has 0 aliphatic carbocycles. The van der Waals surface area contributed by atoms with Gasteiger partial charge in [-0.15, -0.1) is 0 Å². The standard InChI is InChI=1S/C16H26N2O2/c1-3-18(4-2)13-8-12-17-16(19)11-14-20-15-9-6-5-7-10-15/h5-7,9-10H,3-4,8,11-14H2,1-2H3,(H,17,19). The summed E-state index contributed by atoms with van der Waals surface area (Å²) in [7, 11) is 0. The number of carbonyl (C=O) groups excluding carboxylic acids is 1. The summed E-state index contributed by atoms with van der Waals surface area (Å²) in [6.45, 7) is 8.64. The summed E-state index contributed by atoms with van der Waals surface area (Å²) in [5.74, 6) is 0.863. The number of amides is 1. The van der Waals surface area contributed by atoms with Gasteiger partial charge in [-0.25, -0.2) is 0 Å². The molecule has 0 aromatic heterocycles. The Balaban J connectivity index is 2.03. The van der Waals surface area contributed by atoms with Crippen LogP contribution in [0.15, 0.2) is 30.3 Å². The van der Waals surface area contributed by atoms with Gasteiger partial charge in [0.1, 0.15) is 5.75 Å². The second-order valence-corrected chi connectivity index (χ2v) is 4.64. The van der Waals surface area contributed by atoms with Gasteiger partial charge in [-0.05, 0) is 38.2 Å². The van der Waals surface area contributed by atoms with Gasteiger partial charge < -0.3 is 15.0 Å². The average Bonchev–Trinajstić information content (AvgIpc) is 2.48. The van der Waals surface area contributed by atoms with Crippen molar-refractivity contribution in [2.24, 2.45) is 0 Å². The van der Waals surface area contributed by atoms with E-state index in [0.717, 1.165) is 38.3 Å². The third-order valence-electron chi connectivity index (χ3n) is 3.21. The van der Waals surface area contributed by atoms with Crippen molar-refractivity contribution in [3.8, 4) is 5.75 Å². The highest BCUT2D eigenvalue weighted by atomic mass is 16.5. The lowest BCUT2D eigenvalue weighted by atomic mass is 10.3. The van der Waals surface area contributed by atoms with Crippen LogP contribution in [0.3, 0.4) is 0 Å². The zero-order chi connectivity index (χ0) is 14.6. The van der Waals surface area contributed by atoms with Crippen LogP contribution < -0.4 is 10.1 Å². The first-order chi connectivity index (χ1) is 9.76. The maximum absolute atomic E-state index is 11.6. The number of rotatable bonds is 10. The third-order valence-corrected chi connectivity index (χ3v) is 3.21. The first-order valence-electron chi connectivity index (χ1n) is 7.43. The van der Waals surface area contributed by atoms with Crippen LogP contribution in [0.1, 0.15) is 26.7 Å². The Bertz CT molecular complexity index is 364. The largest absolute Gasteiger partial charge is 0.493 e. The summed E-state index contributed by atoms with van der Waals surface area (Å²) >= 11 is 0. The van der Waals surface area contributed by atoms with Crippen LogP contribution >= 0.6 is 0 Å². The minimum Gasteiger partial charge on any atom is -0.493 e. The Kier molecular flexibility index (Phi) is 8.47. The van der Waals surface area contributed by atoms with Crippen LogP contribution in [0.2, 0.25) is 0 Å². The van der Waals surface area contributed by atoms with Gasteiger partial charge >= 0.3 is 0 Å². The molecule has 0 saturated heterocycles. The summed E-state index contributed by atoms with van der Waals surface area (Å²) in [6, 6.07) is 9.56. The van der Waals surface area contributed by atoms with E-state index in [4.69, 9.17) is 4.74 Å². The van der Waals surface area contributed by atoms with Crippen molar-refractivity contribution in [3.05, 3.63) is 30.3 Å². The zero-order valence-electron chi connectivity index (χ0n) is 12.6. The van der Waals surface area contributed by atoms with E-state index in [2.05, 4.69) is 24.1 Å². The lowest BCUT2D eigenvalue weighted by Gasteiger charge is -2.17. The monoisotopic (exact) mass is 278 g/mol. The second kappa shape index (κ2) is 10.3. The highest BCUT2D eigenvalue weighted by molar-refractivity contribution is 5.75. The van der Waals surface area contributed by atoms with Gasteiger partial charge in [0.15, 0.2) is 0 Å². The molecule has 4 heteroatoms. The molecule has 0 spiro atoms. The van der Waals surface area contributed by atoms with Gasteiger partial charge in [0.25, 0.3) is 0 Å². The molecule has 112 valence electrons. The van der Waals surface area contributed by atoms with Crippen molar-refractivity contribution in [2.45, 2.75) is 26.7 Å². The molecule has 1 amide bonds. The normalized spacial score (nSPS) is 10.6. The molecule has 1 rings (SSSR count). The molecule has 0 aliphatic heterocycles. The number of nitrogens with one attached hydrogen (secondary N) is 1. The minimum absolute atomic E-state index is 0.0560. The van der Waals surface area contributed by atoms with E-state index in [0.29, 0.717) is 13.0 Å². The fourth-order valence-corrected chi connectivity index (χ4v) is 1.94. The van der Waals surface area contributed by atoms with E-state index < -0.39 is 0 Å². The fraction of sp³-hybridized carbons (Fsp3) is 0.562. The molecule has 0 radical (unpaired) electrons. The summed E-state index contributed by atoms with van der Waals surface area (Å²) in [4.78, 5) is 14.0. The van der Waals surface area contributed by atoms with Crippen LogP contribution in [0.5, 0.6) is 5.75 Å². The smallest absolute Gasteiger partial charge is 0.223 e. The molecule has 0 aliphatic rings. The minimum atomic E-state index is 0.0560. The number of para-hydroxylation sites is 1. The molecule has 0 atom stereocenters. The van der Waals surface area contributed by atoms with Crippen LogP contribution in [0.25, 0.3) is 0 Å². The van der Waals surface area contributed by atoms with E-state index in [1.807, 2.05) is 30.3 Å². The van der Waals surface area contributed by atoms with Gasteiger partial charge in [-0.2, -0.15) is 0 Å². The van der Waals surface area contributed by atoms with Crippen molar-refractivity contribution < 1.29 is 9.53 Å². The molecule has 0 fully saturated rings.